The zero-order chi connectivity index (χ0) is 8.69. The normalized spacial score (nSPS) is 11.2. The minimum atomic E-state index is -0.0842. The van der Waals surface area contributed by atoms with Crippen LogP contribution in [0.5, 0.6) is 0 Å². The lowest BCUT2D eigenvalue weighted by molar-refractivity contribution is -0.120. The molecule has 0 fully saturated rings. The average molecular weight is 159 g/mol. The Bertz CT molecular complexity index is 156. The number of amidine groups is 1. The Labute approximate surface area is 65.3 Å². The third kappa shape index (κ3) is 5.20. The first-order valence-electron chi connectivity index (χ1n) is 3.43. The lowest BCUT2D eigenvalue weighted by atomic mass is 10.3. The predicted octanol–water partition coefficient (Wildman–Crippen LogP) is -0.351. The molecule has 0 aliphatic heterocycles. The Morgan fingerprint density at radius 2 is 2.36 bits per heavy atom. The summed E-state index contributed by atoms with van der Waals surface area (Å²) in [7, 11) is 0. The molecule has 0 aromatic heterocycles. The third-order valence-electron chi connectivity index (χ3n) is 1.07. The first-order chi connectivity index (χ1) is 5.20. The van der Waals surface area contributed by atoms with Crippen molar-refractivity contribution in [2.24, 2.45) is 10.9 Å². The van der Waals surface area contributed by atoms with E-state index in [0.717, 1.165) is 6.42 Å². The van der Waals surface area contributed by atoms with E-state index >= 15 is 0 Å². The smallest absolute Gasteiger partial charge is 0.220 e. The van der Waals surface area contributed by atoms with Crippen molar-refractivity contribution in [1.82, 2.24) is 5.32 Å². The number of hydrogen-bond acceptors (Lipinski definition) is 3. The van der Waals surface area contributed by atoms with Gasteiger partial charge in [-0.3, -0.25) is 4.79 Å². The van der Waals surface area contributed by atoms with Gasteiger partial charge in [0.15, 0.2) is 5.84 Å². The van der Waals surface area contributed by atoms with Gasteiger partial charge in [-0.25, -0.2) is 0 Å². The Balaban J connectivity index is 3.46. The van der Waals surface area contributed by atoms with Crippen molar-refractivity contribution in [1.29, 1.82) is 0 Å². The van der Waals surface area contributed by atoms with E-state index in [0.29, 0.717) is 6.42 Å². The second-order valence-corrected chi connectivity index (χ2v) is 2.12. The molecular weight excluding hydrogens is 146 g/mol. The molecule has 0 bridgehead atoms. The monoisotopic (exact) mass is 159 g/mol. The van der Waals surface area contributed by atoms with Gasteiger partial charge < -0.3 is 16.3 Å². The molecule has 5 nitrogen and oxygen atoms in total. The molecule has 5 heteroatoms. The second-order valence-electron chi connectivity index (χ2n) is 2.12. The summed E-state index contributed by atoms with van der Waals surface area (Å²) in [5.41, 5.74) is 5.10. The maximum Gasteiger partial charge on any atom is 0.220 e. The van der Waals surface area contributed by atoms with Crippen molar-refractivity contribution in [2.75, 3.05) is 6.54 Å². The largest absolute Gasteiger partial charge is 0.409 e. The van der Waals surface area contributed by atoms with Crippen molar-refractivity contribution in [3.63, 3.8) is 0 Å². The summed E-state index contributed by atoms with van der Waals surface area (Å²) < 4.78 is 0. The van der Waals surface area contributed by atoms with Gasteiger partial charge in [0, 0.05) is 6.42 Å². The van der Waals surface area contributed by atoms with E-state index in [4.69, 9.17) is 10.9 Å². The number of nitrogens with zero attached hydrogens (tertiary/aromatic N) is 1. The van der Waals surface area contributed by atoms with Crippen LogP contribution in [-0.4, -0.2) is 23.5 Å². The van der Waals surface area contributed by atoms with Crippen molar-refractivity contribution in [2.45, 2.75) is 19.8 Å². The standard InChI is InChI=1S/C6H13N3O2/c1-2-3-6(10)8-4-5(7)9-11/h11H,2-4H2,1H3,(H2,7,9)(H,8,10). The highest BCUT2D eigenvalue weighted by Crippen LogP contribution is 1.84. The molecule has 0 aliphatic rings. The van der Waals surface area contributed by atoms with Crippen LogP contribution in [0.1, 0.15) is 19.8 Å². The van der Waals surface area contributed by atoms with Crippen LogP contribution in [0.2, 0.25) is 0 Å². The first-order valence-corrected chi connectivity index (χ1v) is 3.43. The number of nitrogens with one attached hydrogen (secondary N) is 1. The molecule has 0 atom stereocenters. The fourth-order valence-electron chi connectivity index (χ4n) is 0.540. The van der Waals surface area contributed by atoms with Gasteiger partial charge in [-0.15, -0.1) is 0 Å². The topological polar surface area (TPSA) is 87.7 Å². The summed E-state index contributed by atoms with van der Waals surface area (Å²) in [4.78, 5) is 10.8. The molecule has 0 rings (SSSR count). The van der Waals surface area contributed by atoms with Crippen LogP contribution in [-0.2, 0) is 4.79 Å². The molecular formula is C6H13N3O2. The summed E-state index contributed by atoms with van der Waals surface area (Å²) in [6.45, 7) is 2.01. The third-order valence-corrected chi connectivity index (χ3v) is 1.07. The lowest BCUT2D eigenvalue weighted by Crippen LogP contribution is -2.33. The minimum absolute atomic E-state index is 0.00875. The number of rotatable bonds is 4. The Kier molecular flexibility index (Phi) is 4.89. The summed E-state index contributed by atoms with van der Waals surface area (Å²) >= 11 is 0. The van der Waals surface area contributed by atoms with Gasteiger partial charge in [-0.05, 0) is 6.42 Å². The van der Waals surface area contributed by atoms with Gasteiger partial charge in [0.2, 0.25) is 5.91 Å². The van der Waals surface area contributed by atoms with Crippen LogP contribution in [0.15, 0.2) is 5.16 Å². The Morgan fingerprint density at radius 1 is 1.73 bits per heavy atom. The molecule has 0 aliphatic carbocycles. The van der Waals surface area contributed by atoms with Crippen molar-refractivity contribution in [3.8, 4) is 0 Å². The second kappa shape index (κ2) is 5.52. The Morgan fingerprint density at radius 3 is 2.82 bits per heavy atom. The molecule has 0 unspecified atom stereocenters. The van der Waals surface area contributed by atoms with Gasteiger partial charge in [0.1, 0.15) is 0 Å². The van der Waals surface area contributed by atoms with E-state index in [-0.39, 0.29) is 18.3 Å². The van der Waals surface area contributed by atoms with Gasteiger partial charge in [0.25, 0.3) is 0 Å². The van der Waals surface area contributed by atoms with Crippen LogP contribution >= 0.6 is 0 Å². The molecule has 64 valence electrons. The zero-order valence-corrected chi connectivity index (χ0v) is 6.50. The van der Waals surface area contributed by atoms with Crippen molar-refractivity contribution >= 4 is 11.7 Å². The number of carbonyl (C=O) groups excluding carboxylic acids is 1. The summed E-state index contributed by atoms with van der Waals surface area (Å²) in [5.74, 6) is -0.0754. The Hall–Kier alpha value is -1.26. The highest BCUT2D eigenvalue weighted by Gasteiger charge is 1.98. The molecule has 1 amide bonds. The molecule has 0 aromatic rings. The van der Waals surface area contributed by atoms with Crippen LogP contribution in [0, 0.1) is 0 Å². The number of nitrogens with two attached hydrogens (primary N) is 1. The predicted molar refractivity (Wildman–Crippen MR) is 41.3 cm³/mol. The van der Waals surface area contributed by atoms with Crippen LogP contribution in [0.25, 0.3) is 0 Å². The van der Waals surface area contributed by atoms with E-state index in [9.17, 15) is 4.79 Å². The van der Waals surface area contributed by atoms with Gasteiger partial charge in [-0.1, -0.05) is 12.1 Å². The van der Waals surface area contributed by atoms with Crippen LogP contribution < -0.4 is 11.1 Å². The number of amides is 1. The molecule has 0 spiro atoms. The molecule has 0 saturated carbocycles. The van der Waals surface area contributed by atoms with Gasteiger partial charge >= 0.3 is 0 Å². The van der Waals surface area contributed by atoms with Crippen LogP contribution in [0.4, 0.5) is 0 Å². The van der Waals surface area contributed by atoms with E-state index in [1.807, 2.05) is 6.92 Å². The minimum Gasteiger partial charge on any atom is -0.409 e. The van der Waals surface area contributed by atoms with Crippen molar-refractivity contribution in [3.05, 3.63) is 0 Å². The van der Waals surface area contributed by atoms with E-state index in [1.54, 1.807) is 0 Å². The highest BCUT2D eigenvalue weighted by molar-refractivity contribution is 5.86. The van der Waals surface area contributed by atoms with E-state index in [2.05, 4.69) is 10.5 Å². The molecule has 0 saturated heterocycles. The summed E-state index contributed by atoms with van der Waals surface area (Å²) in [6.07, 6.45) is 1.26. The first kappa shape index (κ1) is 9.74. The summed E-state index contributed by atoms with van der Waals surface area (Å²) in [6, 6.07) is 0. The van der Waals surface area contributed by atoms with Crippen LogP contribution in [0.3, 0.4) is 0 Å². The molecule has 4 N–H and O–H groups in total. The lowest BCUT2D eigenvalue weighted by Gasteiger charge is -2.00. The molecule has 0 aromatic carbocycles. The van der Waals surface area contributed by atoms with Gasteiger partial charge in [-0.2, -0.15) is 0 Å². The van der Waals surface area contributed by atoms with E-state index < -0.39 is 0 Å². The van der Waals surface area contributed by atoms with Crippen molar-refractivity contribution < 1.29 is 10.0 Å². The number of hydrogen-bond donors (Lipinski definition) is 3. The molecule has 11 heavy (non-hydrogen) atoms. The maximum atomic E-state index is 10.8. The quantitative estimate of drug-likeness (QED) is 0.227. The average Bonchev–Trinajstić information content (AvgIpc) is 2.01. The SMILES string of the molecule is CCCC(=O)NC/C(N)=N/O. The highest BCUT2D eigenvalue weighted by atomic mass is 16.4. The number of carbonyl (C=O) groups is 1. The molecule has 0 heterocycles. The zero-order valence-electron chi connectivity index (χ0n) is 6.50. The maximum absolute atomic E-state index is 10.8. The fourth-order valence-corrected chi connectivity index (χ4v) is 0.540. The van der Waals surface area contributed by atoms with Gasteiger partial charge in [0.05, 0.1) is 6.54 Å². The fraction of sp³-hybridized carbons (Fsp3) is 0.667. The number of oxime groups is 1. The molecule has 0 radical (unpaired) electrons. The summed E-state index contributed by atoms with van der Waals surface area (Å²) in [5, 5.41) is 13.3. The van der Waals surface area contributed by atoms with E-state index in [1.165, 1.54) is 0 Å².